The molecule has 0 unspecified atom stereocenters. The molecule has 0 aromatic heterocycles. The summed E-state index contributed by atoms with van der Waals surface area (Å²) in [6.45, 7) is 5.71. The summed E-state index contributed by atoms with van der Waals surface area (Å²) in [5.74, 6) is 1.23. The Hall–Kier alpha value is -3.02. The summed E-state index contributed by atoms with van der Waals surface area (Å²) in [7, 11) is 0. The lowest BCUT2D eigenvalue weighted by Gasteiger charge is -2.22. The van der Waals surface area contributed by atoms with Gasteiger partial charge < -0.3 is 19.7 Å². The topological polar surface area (TPSA) is 67.9 Å². The van der Waals surface area contributed by atoms with Crippen molar-refractivity contribution in [1.29, 1.82) is 0 Å². The van der Waals surface area contributed by atoms with E-state index in [0.717, 1.165) is 17.8 Å². The van der Waals surface area contributed by atoms with Crippen molar-refractivity contribution in [3.05, 3.63) is 48.0 Å². The number of amides is 2. The maximum absolute atomic E-state index is 12.7. The highest BCUT2D eigenvalue weighted by molar-refractivity contribution is 6.03. The molecule has 2 heterocycles. The molecule has 2 atom stereocenters. The average Bonchev–Trinajstić information content (AvgIpc) is 3.15. The Morgan fingerprint density at radius 2 is 1.86 bits per heavy atom. The van der Waals surface area contributed by atoms with Gasteiger partial charge in [0, 0.05) is 30.4 Å². The SMILES string of the molecule is CC[C@H](C)c1ccc(NC(=O)[C@@H]2CC(=O)N(c3ccc4c(c3)OCCO4)C2)cc1. The van der Waals surface area contributed by atoms with Crippen molar-refractivity contribution in [2.24, 2.45) is 5.92 Å². The van der Waals surface area contributed by atoms with Crippen molar-refractivity contribution in [2.75, 3.05) is 30.0 Å². The molecule has 1 saturated heterocycles. The Bertz CT molecular complexity index is 910. The van der Waals surface area contributed by atoms with Crippen LogP contribution in [0.1, 0.15) is 38.2 Å². The number of nitrogens with zero attached hydrogens (tertiary/aromatic N) is 1. The first-order valence-corrected chi connectivity index (χ1v) is 10.2. The largest absolute Gasteiger partial charge is 0.486 e. The van der Waals surface area contributed by atoms with E-state index in [1.165, 1.54) is 5.56 Å². The Kier molecular flexibility index (Phi) is 5.43. The van der Waals surface area contributed by atoms with Crippen LogP contribution in [0.3, 0.4) is 0 Å². The Balaban J connectivity index is 1.41. The van der Waals surface area contributed by atoms with Gasteiger partial charge in [-0.15, -0.1) is 0 Å². The van der Waals surface area contributed by atoms with Gasteiger partial charge in [0.05, 0.1) is 5.92 Å². The summed E-state index contributed by atoms with van der Waals surface area (Å²) in [5.41, 5.74) is 2.74. The zero-order chi connectivity index (χ0) is 20.4. The molecule has 2 aliphatic rings. The maximum Gasteiger partial charge on any atom is 0.229 e. The predicted molar refractivity (Wildman–Crippen MR) is 112 cm³/mol. The van der Waals surface area contributed by atoms with Crippen LogP contribution in [-0.4, -0.2) is 31.6 Å². The van der Waals surface area contributed by atoms with Crippen LogP contribution in [-0.2, 0) is 9.59 Å². The van der Waals surface area contributed by atoms with Crippen LogP contribution in [0.25, 0.3) is 0 Å². The minimum atomic E-state index is -0.384. The van der Waals surface area contributed by atoms with Crippen LogP contribution in [0.4, 0.5) is 11.4 Å². The second-order valence-electron chi connectivity index (χ2n) is 7.65. The molecule has 1 fully saturated rings. The number of anilines is 2. The Morgan fingerprint density at radius 3 is 2.59 bits per heavy atom. The summed E-state index contributed by atoms with van der Waals surface area (Å²) in [6.07, 6.45) is 1.27. The van der Waals surface area contributed by atoms with Crippen LogP contribution in [0, 0.1) is 5.92 Å². The molecule has 6 heteroatoms. The van der Waals surface area contributed by atoms with E-state index in [1.54, 1.807) is 11.0 Å². The van der Waals surface area contributed by atoms with Gasteiger partial charge in [-0.25, -0.2) is 0 Å². The van der Waals surface area contributed by atoms with Gasteiger partial charge in [-0.3, -0.25) is 9.59 Å². The minimum Gasteiger partial charge on any atom is -0.486 e. The molecular formula is C23H26N2O4. The molecule has 0 aliphatic carbocycles. The van der Waals surface area contributed by atoms with E-state index < -0.39 is 0 Å². The Labute approximate surface area is 170 Å². The number of nitrogens with one attached hydrogen (secondary N) is 1. The number of rotatable bonds is 5. The third-order valence-corrected chi connectivity index (χ3v) is 5.69. The molecule has 2 aromatic rings. The summed E-state index contributed by atoms with van der Waals surface area (Å²) < 4.78 is 11.1. The van der Waals surface area contributed by atoms with Crippen LogP contribution in [0.15, 0.2) is 42.5 Å². The maximum atomic E-state index is 12.7. The fourth-order valence-corrected chi connectivity index (χ4v) is 3.71. The van der Waals surface area contributed by atoms with Crippen LogP contribution >= 0.6 is 0 Å². The molecule has 0 bridgehead atoms. The molecule has 2 amide bonds. The van der Waals surface area contributed by atoms with Crippen molar-refractivity contribution in [3.8, 4) is 11.5 Å². The summed E-state index contributed by atoms with van der Waals surface area (Å²) >= 11 is 0. The van der Waals surface area contributed by atoms with E-state index in [1.807, 2.05) is 36.4 Å². The molecule has 6 nitrogen and oxygen atoms in total. The van der Waals surface area contributed by atoms with Crippen molar-refractivity contribution < 1.29 is 19.1 Å². The van der Waals surface area contributed by atoms with E-state index >= 15 is 0 Å². The highest BCUT2D eigenvalue weighted by Gasteiger charge is 2.35. The molecule has 1 N–H and O–H groups in total. The number of hydrogen-bond acceptors (Lipinski definition) is 4. The normalized spacial score (nSPS) is 19.2. The van der Waals surface area contributed by atoms with Gasteiger partial charge in [-0.2, -0.15) is 0 Å². The van der Waals surface area contributed by atoms with E-state index in [0.29, 0.717) is 37.2 Å². The second kappa shape index (κ2) is 8.15. The number of ether oxygens (including phenoxy) is 2. The van der Waals surface area contributed by atoms with Crippen LogP contribution in [0.2, 0.25) is 0 Å². The quantitative estimate of drug-likeness (QED) is 0.833. The molecule has 0 saturated carbocycles. The molecule has 2 aliphatic heterocycles. The lowest BCUT2D eigenvalue weighted by atomic mass is 9.98. The first kappa shape index (κ1) is 19.3. The fourth-order valence-electron chi connectivity index (χ4n) is 3.71. The second-order valence-corrected chi connectivity index (χ2v) is 7.65. The highest BCUT2D eigenvalue weighted by Crippen LogP contribution is 2.36. The van der Waals surface area contributed by atoms with Gasteiger partial charge in [0.25, 0.3) is 0 Å². The van der Waals surface area contributed by atoms with Crippen LogP contribution < -0.4 is 19.7 Å². The molecule has 29 heavy (non-hydrogen) atoms. The molecule has 4 rings (SSSR count). The number of benzene rings is 2. The summed E-state index contributed by atoms with van der Waals surface area (Å²) in [6, 6.07) is 13.4. The first-order valence-electron chi connectivity index (χ1n) is 10.2. The first-order chi connectivity index (χ1) is 14.0. The van der Waals surface area contributed by atoms with E-state index in [2.05, 4.69) is 19.2 Å². The van der Waals surface area contributed by atoms with Crippen molar-refractivity contribution in [3.63, 3.8) is 0 Å². The fraction of sp³-hybridized carbons (Fsp3) is 0.391. The van der Waals surface area contributed by atoms with E-state index in [-0.39, 0.29) is 24.2 Å². The molecule has 152 valence electrons. The Morgan fingerprint density at radius 1 is 1.14 bits per heavy atom. The van der Waals surface area contributed by atoms with Gasteiger partial charge in [0.1, 0.15) is 13.2 Å². The zero-order valence-corrected chi connectivity index (χ0v) is 16.8. The number of carbonyl (C=O) groups is 2. The lowest BCUT2D eigenvalue weighted by Crippen LogP contribution is -2.28. The molecule has 0 radical (unpaired) electrons. The summed E-state index contributed by atoms with van der Waals surface area (Å²) in [5, 5.41) is 2.95. The van der Waals surface area contributed by atoms with Gasteiger partial charge in [0.15, 0.2) is 11.5 Å². The monoisotopic (exact) mass is 394 g/mol. The van der Waals surface area contributed by atoms with E-state index in [9.17, 15) is 9.59 Å². The predicted octanol–water partition coefficient (Wildman–Crippen LogP) is 3.96. The standard InChI is InChI=1S/C23H26N2O4/c1-3-15(2)16-4-6-18(7-5-16)24-23(27)17-12-22(26)25(14-17)19-8-9-20-21(13-19)29-11-10-28-20/h4-9,13,15,17H,3,10-12,14H2,1-2H3,(H,24,27)/t15-,17+/m0/s1. The smallest absolute Gasteiger partial charge is 0.229 e. The third-order valence-electron chi connectivity index (χ3n) is 5.69. The average molecular weight is 394 g/mol. The minimum absolute atomic E-state index is 0.0612. The number of carbonyl (C=O) groups excluding carboxylic acids is 2. The van der Waals surface area contributed by atoms with Gasteiger partial charge in [-0.1, -0.05) is 26.0 Å². The summed E-state index contributed by atoms with van der Waals surface area (Å²) in [4.78, 5) is 26.9. The molecular weight excluding hydrogens is 368 g/mol. The van der Waals surface area contributed by atoms with Gasteiger partial charge in [-0.05, 0) is 42.2 Å². The van der Waals surface area contributed by atoms with Crippen molar-refractivity contribution in [1.82, 2.24) is 0 Å². The van der Waals surface area contributed by atoms with Gasteiger partial charge >= 0.3 is 0 Å². The zero-order valence-electron chi connectivity index (χ0n) is 16.8. The number of fused-ring (bicyclic) bond motifs is 1. The van der Waals surface area contributed by atoms with Crippen LogP contribution in [0.5, 0.6) is 11.5 Å². The highest BCUT2D eigenvalue weighted by atomic mass is 16.6. The van der Waals surface area contributed by atoms with Crippen molar-refractivity contribution >= 4 is 23.2 Å². The van der Waals surface area contributed by atoms with Gasteiger partial charge in [0.2, 0.25) is 11.8 Å². The van der Waals surface area contributed by atoms with Crippen molar-refractivity contribution in [2.45, 2.75) is 32.6 Å². The lowest BCUT2D eigenvalue weighted by molar-refractivity contribution is -0.122. The van der Waals surface area contributed by atoms with E-state index in [4.69, 9.17) is 9.47 Å². The molecule has 2 aromatic carbocycles. The molecule has 0 spiro atoms. The number of hydrogen-bond donors (Lipinski definition) is 1. The third kappa shape index (κ3) is 4.06.